The summed E-state index contributed by atoms with van der Waals surface area (Å²) in [4.78, 5) is 0. The summed E-state index contributed by atoms with van der Waals surface area (Å²) in [5, 5.41) is 9.66. The standard InChI is InChI=1S/C11H15BrO2/c1-6-5-9(12)7(2)10(8(3)13)11(6)14-4/h5,8,13H,1-4H3/t8-/m0/s1. The maximum absolute atomic E-state index is 9.66. The van der Waals surface area contributed by atoms with Crippen LogP contribution in [0.2, 0.25) is 0 Å². The molecule has 0 bridgehead atoms. The van der Waals surface area contributed by atoms with Crippen molar-refractivity contribution in [2.45, 2.75) is 26.9 Å². The first-order valence-electron chi connectivity index (χ1n) is 4.50. The number of hydrogen-bond donors (Lipinski definition) is 1. The zero-order valence-electron chi connectivity index (χ0n) is 8.89. The Hall–Kier alpha value is -0.540. The molecule has 0 saturated heterocycles. The number of hydrogen-bond acceptors (Lipinski definition) is 2. The molecule has 0 aliphatic heterocycles. The van der Waals surface area contributed by atoms with E-state index in [0.29, 0.717) is 0 Å². The van der Waals surface area contributed by atoms with E-state index in [1.54, 1.807) is 14.0 Å². The predicted octanol–water partition coefficient (Wildman–Crippen LogP) is 3.13. The van der Waals surface area contributed by atoms with Crippen molar-refractivity contribution in [3.63, 3.8) is 0 Å². The summed E-state index contributed by atoms with van der Waals surface area (Å²) in [6.45, 7) is 5.68. The average molecular weight is 259 g/mol. The SMILES string of the molecule is COc1c(C)cc(Br)c(C)c1[C@H](C)O. The number of benzene rings is 1. The minimum Gasteiger partial charge on any atom is -0.496 e. The molecule has 1 N–H and O–H groups in total. The summed E-state index contributed by atoms with van der Waals surface area (Å²) in [6, 6.07) is 2.00. The Bertz CT molecular complexity index is 346. The summed E-state index contributed by atoms with van der Waals surface area (Å²) < 4.78 is 6.30. The molecule has 2 nitrogen and oxygen atoms in total. The number of methoxy groups -OCH3 is 1. The van der Waals surface area contributed by atoms with Crippen LogP contribution in [-0.2, 0) is 0 Å². The molecule has 0 aliphatic rings. The van der Waals surface area contributed by atoms with Crippen molar-refractivity contribution >= 4 is 15.9 Å². The lowest BCUT2D eigenvalue weighted by Crippen LogP contribution is -2.02. The third kappa shape index (κ3) is 1.93. The van der Waals surface area contributed by atoms with Gasteiger partial charge in [-0.15, -0.1) is 0 Å². The van der Waals surface area contributed by atoms with Gasteiger partial charge in [0.25, 0.3) is 0 Å². The van der Waals surface area contributed by atoms with Gasteiger partial charge in [0.2, 0.25) is 0 Å². The van der Waals surface area contributed by atoms with Gasteiger partial charge in [-0.2, -0.15) is 0 Å². The molecule has 14 heavy (non-hydrogen) atoms. The van der Waals surface area contributed by atoms with E-state index in [4.69, 9.17) is 4.74 Å². The van der Waals surface area contributed by atoms with Gasteiger partial charge >= 0.3 is 0 Å². The van der Waals surface area contributed by atoms with Gasteiger partial charge < -0.3 is 9.84 Å². The van der Waals surface area contributed by atoms with E-state index in [2.05, 4.69) is 15.9 Å². The van der Waals surface area contributed by atoms with E-state index < -0.39 is 6.10 Å². The lowest BCUT2D eigenvalue weighted by molar-refractivity contribution is 0.193. The zero-order valence-corrected chi connectivity index (χ0v) is 10.5. The Labute approximate surface area is 93.0 Å². The smallest absolute Gasteiger partial charge is 0.127 e. The summed E-state index contributed by atoms with van der Waals surface area (Å²) in [5.41, 5.74) is 2.92. The lowest BCUT2D eigenvalue weighted by Gasteiger charge is -2.17. The Morgan fingerprint density at radius 1 is 1.43 bits per heavy atom. The molecule has 1 aromatic rings. The Balaban J connectivity index is 3.48. The average Bonchev–Trinajstić information content (AvgIpc) is 2.10. The number of ether oxygens (including phenoxy) is 1. The van der Waals surface area contributed by atoms with Crippen LogP contribution in [0.4, 0.5) is 0 Å². The van der Waals surface area contributed by atoms with Gasteiger partial charge in [-0.1, -0.05) is 15.9 Å². The zero-order chi connectivity index (χ0) is 10.9. The molecule has 0 unspecified atom stereocenters. The highest BCUT2D eigenvalue weighted by atomic mass is 79.9. The maximum atomic E-state index is 9.66. The molecule has 1 aromatic carbocycles. The number of aliphatic hydroxyl groups excluding tert-OH is 1. The van der Waals surface area contributed by atoms with Gasteiger partial charge in [0.1, 0.15) is 5.75 Å². The Kier molecular flexibility index (Phi) is 3.56. The van der Waals surface area contributed by atoms with E-state index in [9.17, 15) is 5.11 Å². The van der Waals surface area contributed by atoms with Gasteiger partial charge in [-0.3, -0.25) is 0 Å². The van der Waals surface area contributed by atoms with E-state index in [0.717, 1.165) is 26.9 Å². The maximum Gasteiger partial charge on any atom is 0.127 e. The van der Waals surface area contributed by atoms with Gasteiger partial charge in [-0.05, 0) is 38.0 Å². The lowest BCUT2D eigenvalue weighted by atomic mass is 10.00. The van der Waals surface area contributed by atoms with Crippen molar-refractivity contribution in [3.05, 3.63) is 27.2 Å². The summed E-state index contributed by atoms with van der Waals surface area (Å²) in [7, 11) is 1.63. The van der Waals surface area contributed by atoms with Crippen LogP contribution in [0.1, 0.15) is 29.7 Å². The largest absolute Gasteiger partial charge is 0.496 e. The third-order valence-electron chi connectivity index (χ3n) is 2.33. The molecule has 0 spiro atoms. The third-order valence-corrected chi connectivity index (χ3v) is 3.15. The van der Waals surface area contributed by atoms with Crippen molar-refractivity contribution < 1.29 is 9.84 Å². The fourth-order valence-electron chi connectivity index (χ4n) is 1.65. The highest BCUT2D eigenvalue weighted by Crippen LogP contribution is 2.35. The van der Waals surface area contributed by atoms with Gasteiger partial charge in [-0.25, -0.2) is 0 Å². The minimum absolute atomic E-state index is 0.513. The number of aliphatic hydroxyl groups is 1. The molecule has 0 aliphatic carbocycles. The molecule has 1 rings (SSSR count). The van der Waals surface area contributed by atoms with Crippen LogP contribution < -0.4 is 4.74 Å². The van der Waals surface area contributed by atoms with Crippen LogP contribution in [0.15, 0.2) is 10.5 Å². The second-order valence-corrected chi connectivity index (χ2v) is 4.28. The van der Waals surface area contributed by atoms with Crippen LogP contribution in [0, 0.1) is 13.8 Å². The van der Waals surface area contributed by atoms with Crippen molar-refractivity contribution in [1.29, 1.82) is 0 Å². The van der Waals surface area contributed by atoms with Crippen LogP contribution in [-0.4, -0.2) is 12.2 Å². The number of halogens is 1. The van der Waals surface area contributed by atoms with E-state index in [1.807, 2.05) is 19.9 Å². The van der Waals surface area contributed by atoms with Gasteiger partial charge in [0, 0.05) is 10.0 Å². The number of rotatable bonds is 2. The van der Waals surface area contributed by atoms with Gasteiger partial charge in [0.15, 0.2) is 0 Å². The van der Waals surface area contributed by atoms with Crippen molar-refractivity contribution in [3.8, 4) is 5.75 Å². The first-order valence-corrected chi connectivity index (χ1v) is 5.30. The van der Waals surface area contributed by atoms with E-state index in [-0.39, 0.29) is 0 Å². The van der Waals surface area contributed by atoms with E-state index in [1.165, 1.54) is 0 Å². The molecule has 0 fully saturated rings. The molecule has 3 heteroatoms. The fourth-order valence-corrected chi connectivity index (χ4v) is 2.21. The monoisotopic (exact) mass is 258 g/mol. The first-order chi connectivity index (χ1) is 6.49. The second-order valence-electron chi connectivity index (χ2n) is 3.42. The summed E-state index contributed by atoms with van der Waals surface area (Å²) in [6.07, 6.45) is -0.513. The Morgan fingerprint density at radius 3 is 2.43 bits per heavy atom. The molecular formula is C11H15BrO2. The molecule has 0 saturated carbocycles. The normalized spacial score (nSPS) is 12.7. The topological polar surface area (TPSA) is 29.5 Å². The molecule has 0 amide bonds. The molecule has 0 heterocycles. The Morgan fingerprint density at radius 2 is 2.00 bits per heavy atom. The second kappa shape index (κ2) is 4.32. The highest BCUT2D eigenvalue weighted by Gasteiger charge is 2.16. The highest BCUT2D eigenvalue weighted by molar-refractivity contribution is 9.10. The number of aryl methyl sites for hydroxylation is 1. The van der Waals surface area contributed by atoms with Crippen LogP contribution >= 0.6 is 15.9 Å². The molecule has 0 aromatic heterocycles. The van der Waals surface area contributed by atoms with Crippen molar-refractivity contribution in [2.75, 3.05) is 7.11 Å². The van der Waals surface area contributed by atoms with E-state index >= 15 is 0 Å². The summed E-state index contributed by atoms with van der Waals surface area (Å²) >= 11 is 3.46. The molecule has 0 radical (unpaired) electrons. The van der Waals surface area contributed by atoms with Crippen LogP contribution in [0.3, 0.4) is 0 Å². The van der Waals surface area contributed by atoms with Crippen molar-refractivity contribution in [1.82, 2.24) is 0 Å². The molecule has 78 valence electrons. The summed E-state index contributed by atoms with van der Waals surface area (Å²) in [5.74, 6) is 0.778. The van der Waals surface area contributed by atoms with Crippen LogP contribution in [0.25, 0.3) is 0 Å². The molecular weight excluding hydrogens is 244 g/mol. The quantitative estimate of drug-likeness (QED) is 0.884. The predicted molar refractivity (Wildman–Crippen MR) is 60.8 cm³/mol. The van der Waals surface area contributed by atoms with Gasteiger partial charge in [0.05, 0.1) is 13.2 Å². The van der Waals surface area contributed by atoms with Crippen molar-refractivity contribution in [2.24, 2.45) is 0 Å². The first kappa shape index (κ1) is 11.5. The fraction of sp³-hybridized carbons (Fsp3) is 0.455. The minimum atomic E-state index is -0.513. The molecule has 1 atom stereocenters. The van der Waals surface area contributed by atoms with Crippen LogP contribution in [0.5, 0.6) is 5.75 Å².